The molecule has 0 aliphatic carbocycles. The summed E-state index contributed by atoms with van der Waals surface area (Å²) in [6.45, 7) is 11.9. The summed E-state index contributed by atoms with van der Waals surface area (Å²) >= 11 is 0. The van der Waals surface area contributed by atoms with Crippen molar-refractivity contribution in [3.05, 3.63) is 30.7 Å². The molecule has 0 saturated carbocycles. The molecule has 1 radical (unpaired) electrons. The van der Waals surface area contributed by atoms with Gasteiger partial charge in [-0.3, -0.25) is 4.79 Å². The second-order valence-corrected chi connectivity index (χ2v) is 5.08. The molecule has 1 aromatic rings. The fourth-order valence-corrected chi connectivity index (χ4v) is 2.32. The number of rotatable bonds is 8. The largest absolute Gasteiger partial charge is 0.507 e. The van der Waals surface area contributed by atoms with Crippen LogP contribution in [0.15, 0.2) is 18.2 Å². The molecule has 3 heteroatoms. The predicted octanol–water partition coefficient (Wildman–Crippen LogP) is 4.06. The summed E-state index contributed by atoms with van der Waals surface area (Å²) in [5, 5.41) is 10.1. The first-order valence-electron chi connectivity index (χ1n) is 7.50. The first-order valence-corrected chi connectivity index (χ1v) is 7.50. The van der Waals surface area contributed by atoms with Gasteiger partial charge >= 0.3 is 0 Å². The van der Waals surface area contributed by atoms with Crippen molar-refractivity contribution in [2.75, 3.05) is 18.0 Å². The van der Waals surface area contributed by atoms with Crippen LogP contribution in [0, 0.1) is 12.8 Å². The molecule has 0 saturated heterocycles. The summed E-state index contributed by atoms with van der Waals surface area (Å²) in [6.07, 6.45) is 2.80. The van der Waals surface area contributed by atoms with Gasteiger partial charge in [0.2, 0.25) is 0 Å². The Kier molecular flexibility index (Phi) is 6.56. The molecule has 1 atom stereocenters. The van der Waals surface area contributed by atoms with Gasteiger partial charge in [-0.1, -0.05) is 19.8 Å². The summed E-state index contributed by atoms with van der Waals surface area (Å²) in [7, 11) is 0. The van der Waals surface area contributed by atoms with E-state index < -0.39 is 0 Å². The van der Waals surface area contributed by atoms with Gasteiger partial charge in [-0.2, -0.15) is 0 Å². The molecule has 3 nitrogen and oxygen atoms in total. The zero-order valence-electron chi connectivity index (χ0n) is 12.9. The van der Waals surface area contributed by atoms with Gasteiger partial charge in [0.25, 0.3) is 0 Å². The van der Waals surface area contributed by atoms with E-state index in [1.165, 1.54) is 0 Å². The number of benzene rings is 1. The summed E-state index contributed by atoms with van der Waals surface area (Å²) in [5.41, 5.74) is 1.33. The van der Waals surface area contributed by atoms with Crippen molar-refractivity contribution in [2.24, 2.45) is 5.92 Å². The quantitative estimate of drug-likeness (QED) is 0.728. The van der Waals surface area contributed by atoms with Gasteiger partial charge in [0.15, 0.2) is 5.78 Å². The van der Waals surface area contributed by atoms with Crippen LogP contribution >= 0.6 is 0 Å². The van der Waals surface area contributed by atoms with E-state index >= 15 is 0 Å². The smallest absolute Gasteiger partial charge is 0.169 e. The highest BCUT2D eigenvalue weighted by molar-refractivity contribution is 6.01. The van der Waals surface area contributed by atoms with E-state index in [9.17, 15) is 9.90 Å². The SMILES string of the molecule is [CH2]C(CCCC)C(=O)c1ccc(N(CC)CC)cc1O. The van der Waals surface area contributed by atoms with Gasteiger partial charge in [-0.05, 0) is 39.3 Å². The third-order valence-electron chi connectivity index (χ3n) is 3.65. The van der Waals surface area contributed by atoms with Crippen LogP contribution in [0.2, 0.25) is 0 Å². The zero-order chi connectivity index (χ0) is 15.1. The molecule has 0 aromatic heterocycles. The number of phenols is 1. The van der Waals surface area contributed by atoms with E-state index in [0.717, 1.165) is 38.0 Å². The summed E-state index contributed by atoms with van der Waals surface area (Å²) in [4.78, 5) is 14.4. The first kappa shape index (κ1) is 16.5. The number of hydrogen-bond acceptors (Lipinski definition) is 3. The number of unbranched alkanes of at least 4 members (excludes halogenated alkanes) is 1. The maximum Gasteiger partial charge on any atom is 0.169 e. The van der Waals surface area contributed by atoms with E-state index in [1.807, 2.05) is 6.07 Å². The standard InChI is InChI=1S/C17H26NO2/c1-5-8-9-13(4)17(20)15-11-10-14(12-16(15)19)18(6-2)7-3/h10-13,19H,4-9H2,1-3H3. The third-order valence-corrected chi connectivity index (χ3v) is 3.65. The molecule has 1 aromatic carbocycles. The monoisotopic (exact) mass is 276 g/mol. The molecule has 0 heterocycles. The van der Waals surface area contributed by atoms with Gasteiger partial charge in [0, 0.05) is 30.8 Å². The van der Waals surface area contributed by atoms with Crippen LogP contribution in [0.4, 0.5) is 5.69 Å². The van der Waals surface area contributed by atoms with Crippen molar-refractivity contribution in [3.63, 3.8) is 0 Å². The Labute approximate surface area is 122 Å². The molecule has 20 heavy (non-hydrogen) atoms. The van der Waals surface area contributed by atoms with Crippen LogP contribution in [0.5, 0.6) is 5.75 Å². The number of carbonyl (C=O) groups excluding carboxylic acids is 1. The molecular formula is C17H26NO2. The summed E-state index contributed by atoms with van der Waals surface area (Å²) < 4.78 is 0. The molecule has 1 N–H and O–H groups in total. The van der Waals surface area contributed by atoms with Crippen molar-refractivity contribution in [1.29, 1.82) is 0 Å². The normalized spacial score (nSPS) is 12.2. The lowest BCUT2D eigenvalue weighted by molar-refractivity contribution is 0.0934. The third kappa shape index (κ3) is 3.99. The van der Waals surface area contributed by atoms with Crippen molar-refractivity contribution in [3.8, 4) is 5.75 Å². The van der Waals surface area contributed by atoms with Crippen LogP contribution in [0.25, 0.3) is 0 Å². The molecule has 0 bridgehead atoms. The minimum atomic E-state index is -0.278. The van der Waals surface area contributed by atoms with Crippen molar-refractivity contribution in [1.82, 2.24) is 0 Å². The lowest BCUT2D eigenvalue weighted by atomic mass is 9.94. The average Bonchev–Trinajstić information content (AvgIpc) is 2.45. The summed E-state index contributed by atoms with van der Waals surface area (Å²) in [5.74, 6) is -0.285. The van der Waals surface area contributed by atoms with E-state index in [-0.39, 0.29) is 17.5 Å². The second-order valence-electron chi connectivity index (χ2n) is 5.08. The molecule has 0 amide bonds. The number of phenolic OH excluding ortho intramolecular Hbond substituents is 1. The Morgan fingerprint density at radius 1 is 1.30 bits per heavy atom. The zero-order valence-corrected chi connectivity index (χ0v) is 12.9. The Morgan fingerprint density at radius 3 is 2.45 bits per heavy atom. The van der Waals surface area contributed by atoms with Crippen LogP contribution < -0.4 is 4.90 Å². The number of nitrogens with zero attached hydrogens (tertiary/aromatic N) is 1. The maximum atomic E-state index is 12.3. The minimum absolute atomic E-state index is 0.0598. The number of carbonyl (C=O) groups is 1. The highest BCUT2D eigenvalue weighted by atomic mass is 16.3. The van der Waals surface area contributed by atoms with Crippen molar-refractivity contribution < 1.29 is 9.90 Å². The fourth-order valence-electron chi connectivity index (χ4n) is 2.32. The lowest BCUT2D eigenvalue weighted by Crippen LogP contribution is -2.22. The van der Waals surface area contributed by atoms with Gasteiger partial charge < -0.3 is 10.0 Å². The number of ketones is 1. The molecule has 0 fully saturated rings. The van der Waals surface area contributed by atoms with Crippen LogP contribution in [-0.4, -0.2) is 24.0 Å². The van der Waals surface area contributed by atoms with Gasteiger partial charge in [-0.25, -0.2) is 0 Å². The minimum Gasteiger partial charge on any atom is -0.507 e. The molecule has 1 unspecified atom stereocenters. The van der Waals surface area contributed by atoms with Crippen molar-refractivity contribution >= 4 is 11.5 Å². The van der Waals surface area contributed by atoms with E-state index in [2.05, 4.69) is 32.6 Å². The van der Waals surface area contributed by atoms with Crippen molar-refractivity contribution in [2.45, 2.75) is 40.0 Å². The number of aromatic hydroxyl groups is 1. The maximum absolute atomic E-state index is 12.3. The van der Waals surface area contributed by atoms with Crippen LogP contribution in [0.1, 0.15) is 50.4 Å². The molecule has 0 spiro atoms. The molecule has 0 aliphatic rings. The number of anilines is 1. The molecule has 0 aliphatic heterocycles. The Hall–Kier alpha value is -1.51. The topological polar surface area (TPSA) is 40.5 Å². The van der Waals surface area contributed by atoms with E-state index in [1.54, 1.807) is 12.1 Å². The van der Waals surface area contributed by atoms with Gasteiger partial charge in [0.05, 0.1) is 5.56 Å². The molecule has 111 valence electrons. The van der Waals surface area contributed by atoms with E-state index in [4.69, 9.17) is 0 Å². The summed E-state index contributed by atoms with van der Waals surface area (Å²) in [6, 6.07) is 5.29. The first-order chi connectivity index (χ1) is 9.54. The lowest BCUT2D eigenvalue weighted by Gasteiger charge is -2.22. The van der Waals surface area contributed by atoms with Crippen LogP contribution in [0.3, 0.4) is 0 Å². The number of hydrogen-bond donors (Lipinski definition) is 1. The second kappa shape index (κ2) is 7.93. The Balaban J connectivity index is 2.89. The highest BCUT2D eigenvalue weighted by Crippen LogP contribution is 2.27. The molecular weight excluding hydrogens is 250 g/mol. The molecule has 1 rings (SSSR count). The average molecular weight is 276 g/mol. The fraction of sp³-hybridized carbons (Fsp3) is 0.529. The predicted molar refractivity (Wildman–Crippen MR) is 84.4 cm³/mol. The van der Waals surface area contributed by atoms with Gasteiger partial charge in [-0.15, -0.1) is 0 Å². The van der Waals surface area contributed by atoms with Crippen LogP contribution in [-0.2, 0) is 0 Å². The Morgan fingerprint density at radius 2 is 1.95 bits per heavy atom. The Bertz CT molecular complexity index is 439. The van der Waals surface area contributed by atoms with Gasteiger partial charge in [0.1, 0.15) is 5.75 Å². The number of Topliss-reactive ketones (excluding diaryl/α,β-unsaturated/α-hetero) is 1. The van der Waals surface area contributed by atoms with E-state index in [0.29, 0.717) is 5.56 Å². The highest BCUT2D eigenvalue weighted by Gasteiger charge is 2.18.